The first-order chi connectivity index (χ1) is 9.20. The van der Waals surface area contributed by atoms with Gasteiger partial charge in [0.15, 0.2) is 0 Å². The van der Waals surface area contributed by atoms with Crippen LogP contribution in [0.25, 0.3) is 0 Å². The van der Waals surface area contributed by atoms with Crippen LogP contribution < -0.4 is 11.1 Å². The van der Waals surface area contributed by atoms with E-state index in [-0.39, 0.29) is 0 Å². The number of nitrogens with two attached hydrogens (primary N) is 1. The van der Waals surface area contributed by atoms with Crippen LogP contribution in [0.4, 0.5) is 0 Å². The Morgan fingerprint density at radius 3 is 2.47 bits per heavy atom. The van der Waals surface area contributed by atoms with Crippen LogP contribution in [0.15, 0.2) is 0 Å². The Bertz CT molecular complexity index is 323. The zero-order valence-electron chi connectivity index (χ0n) is 11.9. The highest BCUT2D eigenvalue weighted by atomic mass is 16.1. The van der Waals surface area contributed by atoms with Gasteiger partial charge in [0.2, 0.25) is 5.91 Å². The van der Waals surface area contributed by atoms with E-state index in [0.717, 1.165) is 43.4 Å². The summed E-state index contributed by atoms with van der Waals surface area (Å²) in [6.07, 6.45) is 11.9. The van der Waals surface area contributed by atoms with Crippen LogP contribution in [-0.2, 0) is 4.79 Å². The number of carbonyl (C=O) groups excluding carboxylic acids is 1. The van der Waals surface area contributed by atoms with Crippen molar-refractivity contribution < 1.29 is 4.79 Å². The molecule has 3 unspecified atom stereocenters. The monoisotopic (exact) mass is 264 g/mol. The van der Waals surface area contributed by atoms with Gasteiger partial charge in [-0.1, -0.05) is 6.42 Å². The molecule has 2 bridgehead atoms. The van der Waals surface area contributed by atoms with Crippen molar-refractivity contribution in [3.05, 3.63) is 0 Å². The molecule has 108 valence electrons. The molecule has 3 nitrogen and oxygen atoms in total. The molecule has 0 aromatic heterocycles. The van der Waals surface area contributed by atoms with Gasteiger partial charge < -0.3 is 11.1 Å². The second-order valence-electron chi connectivity index (χ2n) is 7.17. The summed E-state index contributed by atoms with van der Waals surface area (Å²) in [5.41, 5.74) is 5.92. The fourth-order valence-corrected chi connectivity index (χ4v) is 4.51. The molecule has 0 radical (unpaired) electrons. The van der Waals surface area contributed by atoms with Crippen LogP contribution >= 0.6 is 0 Å². The number of fused-ring (bicyclic) bond motifs is 2. The molecule has 0 spiro atoms. The lowest BCUT2D eigenvalue weighted by molar-refractivity contribution is -0.122. The maximum absolute atomic E-state index is 12.0. The molecule has 0 aromatic carbocycles. The third-order valence-corrected chi connectivity index (χ3v) is 5.76. The van der Waals surface area contributed by atoms with Crippen molar-refractivity contribution in [1.29, 1.82) is 0 Å². The fraction of sp³-hybridized carbons (Fsp3) is 0.938. The second kappa shape index (κ2) is 5.82. The van der Waals surface area contributed by atoms with Crippen LogP contribution in [0.1, 0.15) is 64.2 Å². The largest absolute Gasteiger partial charge is 0.353 e. The lowest BCUT2D eigenvalue weighted by atomic mass is 9.83. The van der Waals surface area contributed by atoms with Crippen molar-refractivity contribution in [2.75, 3.05) is 0 Å². The van der Waals surface area contributed by atoms with E-state index < -0.39 is 0 Å². The highest BCUT2D eigenvalue weighted by molar-refractivity contribution is 5.76. The van der Waals surface area contributed by atoms with E-state index in [1.165, 1.54) is 38.5 Å². The molecule has 0 heterocycles. The molecular formula is C16H28N2O. The van der Waals surface area contributed by atoms with Gasteiger partial charge in [-0.05, 0) is 69.1 Å². The summed E-state index contributed by atoms with van der Waals surface area (Å²) in [4.78, 5) is 12.0. The summed E-state index contributed by atoms with van der Waals surface area (Å²) in [5.74, 6) is 2.75. The Hall–Kier alpha value is -0.570. The fourth-order valence-electron chi connectivity index (χ4n) is 4.51. The minimum atomic E-state index is 0.299. The first kappa shape index (κ1) is 13.4. The van der Waals surface area contributed by atoms with E-state index in [4.69, 9.17) is 5.73 Å². The molecule has 3 aliphatic carbocycles. The first-order valence-electron chi connectivity index (χ1n) is 8.25. The van der Waals surface area contributed by atoms with Crippen molar-refractivity contribution in [2.24, 2.45) is 23.5 Å². The summed E-state index contributed by atoms with van der Waals surface area (Å²) in [7, 11) is 0. The van der Waals surface area contributed by atoms with Crippen LogP contribution in [0.3, 0.4) is 0 Å². The average Bonchev–Trinajstić information content (AvgIpc) is 3.00. The Labute approximate surface area is 116 Å². The highest BCUT2D eigenvalue weighted by Gasteiger charge is 2.39. The minimum absolute atomic E-state index is 0.299. The third-order valence-electron chi connectivity index (χ3n) is 5.76. The Morgan fingerprint density at radius 2 is 1.84 bits per heavy atom. The summed E-state index contributed by atoms with van der Waals surface area (Å²) in [6.45, 7) is 0. The van der Waals surface area contributed by atoms with E-state index in [1.807, 2.05) is 0 Å². The predicted octanol–water partition coefficient (Wildman–Crippen LogP) is 2.59. The molecule has 0 aliphatic heterocycles. The molecule has 3 atom stereocenters. The number of carbonyl (C=O) groups is 1. The van der Waals surface area contributed by atoms with E-state index >= 15 is 0 Å². The predicted molar refractivity (Wildman–Crippen MR) is 76.5 cm³/mol. The highest BCUT2D eigenvalue weighted by Crippen LogP contribution is 2.44. The number of rotatable bonds is 4. The lowest BCUT2D eigenvalue weighted by Crippen LogP contribution is -2.38. The van der Waals surface area contributed by atoms with Crippen LogP contribution in [0.5, 0.6) is 0 Å². The number of hydrogen-bond donors (Lipinski definition) is 2. The van der Waals surface area contributed by atoms with E-state index in [9.17, 15) is 4.79 Å². The maximum atomic E-state index is 12.0. The van der Waals surface area contributed by atoms with Gasteiger partial charge in [0.1, 0.15) is 0 Å². The summed E-state index contributed by atoms with van der Waals surface area (Å²) >= 11 is 0. The average molecular weight is 264 g/mol. The Morgan fingerprint density at radius 1 is 1.05 bits per heavy atom. The van der Waals surface area contributed by atoms with E-state index in [0.29, 0.717) is 18.0 Å². The van der Waals surface area contributed by atoms with Gasteiger partial charge in [0.25, 0.3) is 0 Å². The second-order valence-corrected chi connectivity index (χ2v) is 7.17. The molecule has 3 aliphatic rings. The Kier molecular flexibility index (Phi) is 4.11. The lowest BCUT2D eigenvalue weighted by Gasteiger charge is -2.26. The molecule has 3 N–H and O–H groups in total. The quantitative estimate of drug-likeness (QED) is 0.820. The molecule has 0 saturated heterocycles. The van der Waals surface area contributed by atoms with Crippen LogP contribution in [-0.4, -0.2) is 18.0 Å². The van der Waals surface area contributed by atoms with Crippen LogP contribution in [0.2, 0.25) is 0 Å². The molecule has 1 amide bonds. The molecular weight excluding hydrogens is 236 g/mol. The molecule has 3 heteroatoms. The summed E-state index contributed by atoms with van der Waals surface area (Å²) < 4.78 is 0. The number of amides is 1. The van der Waals surface area contributed by atoms with Crippen molar-refractivity contribution in [1.82, 2.24) is 5.32 Å². The van der Waals surface area contributed by atoms with Gasteiger partial charge in [-0.25, -0.2) is 0 Å². The molecule has 0 aromatic rings. The maximum Gasteiger partial charge on any atom is 0.220 e. The minimum Gasteiger partial charge on any atom is -0.353 e. The zero-order chi connectivity index (χ0) is 13.2. The normalized spacial score (nSPS) is 41.4. The molecule has 3 saturated carbocycles. The number of hydrogen-bond acceptors (Lipinski definition) is 2. The standard InChI is InChI=1S/C16H28N2O/c17-14-6-2-11(3-7-14)4-8-16(19)18-15-10-12-1-5-13(15)9-12/h11-15H,1-10,17H2,(H,18,19). The van der Waals surface area contributed by atoms with Gasteiger partial charge in [-0.15, -0.1) is 0 Å². The van der Waals surface area contributed by atoms with Crippen molar-refractivity contribution in [2.45, 2.75) is 76.3 Å². The third kappa shape index (κ3) is 3.31. The van der Waals surface area contributed by atoms with E-state index in [2.05, 4.69) is 5.32 Å². The van der Waals surface area contributed by atoms with Crippen molar-refractivity contribution in [3.8, 4) is 0 Å². The van der Waals surface area contributed by atoms with Gasteiger partial charge in [0.05, 0.1) is 0 Å². The number of nitrogens with one attached hydrogen (secondary N) is 1. The SMILES string of the molecule is NC1CCC(CCC(=O)NC2CC3CCC2C3)CC1. The van der Waals surface area contributed by atoms with Crippen molar-refractivity contribution >= 4 is 5.91 Å². The van der Waals surface area contributed by atoms with Crippen molar-refractivity contribution in [3.63, 3.8) is 0 Å². The topological polar surface area (TPSA) is 55.1 Å². The van der Waals surface area contributed by atoms with Gasteiger partial charge in [-0.2, -0.15) is 0 Å². The molecule has 3 fully saturated rings. The van der Waals surface area contributed by atoms with Gasteiger partial charge in [0, 0.05) is 18.5 Å². The van der Waals surface area contributed by atoms with Gasteiger partial charge >= 0.3 is 0 Å². The Balaban J connectivity index is 1.35. The van der Waals surface area contributed by atoms with Crippen LogP contribution in [0, 0.1) is 17.8 Å². The van der Waals surface area contributed by atoms with Gasteiger partial charge in [-0.3, -0.25) is 4.79 Å². The first-order valence-corrected chi connectivity index (χ1v) is 8.25. The molecule has 19 heavy (non-hydrogen) atoms. The zero-order valence-corrected chi connectivity index (χ0v) is 11.9. The van der Waals surface area contributed by atoms with E-state index in [1.54, 1.807) is 0 Å². The molecule has 3 rings (SSSR count). The smallest absolute Gasteiger partial charge is 0.220 e. The summed E-state index contributed by atoms with van der Waals surface area (Å²) in [6, 6.07) is 0.921. The summed E-state index contributed by atoms with van der Waals surface area (Å²) in [5, 5.41) is 3.30.